The number of benzene rings is 1. The van der Waals surface area contributed by atoms with Crippen LogP contribution in [0.2, 0.25) is 0 Å². The number of aromatic nitrogens is 2. The maximum Gasteiger partial charge on any atom is 0.236 e. The van der Waals surface area contributed by atoms with E-state index in [1.807, 2.05) is 18.2 Å². The van der Waals surface area contributed by atoms with Gasteiger partial charge in [-0.15, -0.1) is 0 Å². The summed E-state index contributed by atoms with van der Waals surface area (Å²) in [6.07, 6.45) is 0.314. The average molecular weight is 300 g/mol. The van der Waals surface area contributed by atoms with Crippen molar-refractivity contribution in [3.63, 3.8) is 0 Å². The third kappa shape index (κ3) is 3.82. The summed E-state index contributed by atoms with van der Waals surface area (Å²) in [6, 6.07) is 9.22. The molecule has 2 rings (SSSR count). The SMILES string of the molecule is COc1ccc(-c2noc(CC(=O)N(C)CCC#N)n2)cc1. The third-order valence-corrected chi connectivity index (χ3v) is 3.10. The van der Waals surface area contributed by atoms with Gasteiger partial charge < -0.3 is 14.2 Å². The second-order valence-electron chi connectivity index (χ2n) is 4.64. The first kappa shape index (κ1) is 15.5. The fourth-order valence-electron chi connectivity index (χ4n) is 1.79. The molecule has 114 valence electrons. The standard InChI is InChI=1S/C15H16N4O3/c1-19(9-3-8-16)14(20)10-13-17-15(18-22-13)11-4-6-12(21-2)7-5-11/h4-7H,3,9-10H2,1-2H3. The highest BCUT2D eigenvalue weighted by atomic mass is 16.5. The summed E-state index contributed by atoms with van der Waals surface area (Å²) in [7, 11) is 3.23. The molecule has 0 aliphatic rings. The first-order valence-corrected chi connectivity index (χ1v) is 6.72. The summed E-state index contributed by atoms with van der Waals surface area (Å²) < 4.78 is 10.2. The van der Waals surface area contributed by atoms with Crippen molar-refractivity contribution in [3.8, 4) is 23.2 Å². The summed E-state index contributed by atoms with van der Waals surface area (Å²) in [5, 5.41) is 12.4. The minimum Gasteiger partial charge on any atom is -0.497 e. The fourth-order valence-corrected chi connectivity index (χ4v) is 1.79. The normalized spacial score (nSPS) is 10.0. The van der Waals surface area contributed by atoms with E-state index in [-0.39, 0.29) is 18.2 Å². The van der Waals surface area contributed by atoms with E-state index in [1.54, 1.807) is 26.3 Å². The molecule has 2 aromatic rings. The second kappa shape index (κ2) is 7.22. The zero-order valence-electron chi connectivity index (χ0n) is 12.4. The van der Waals surface area contributed by atoms with Gasteiger partial charge in [0.15, 0.2) is 0 Å². The Morgan fingerprint density at radius 3 is 2.77 bits per heavy atom. The van der Waals surface area contributed by atoms with Gasteiger partial charge in [-0.05, 0) is 24.3 Å². The van der Waals surface area contributed by atoms with Crippen LogP contribution in [0.5, 0.6) is 5.75 Å². The summed E-state index contributed by atoms with van der Waals surface area (Å²) >= 11 is 0. The van der Waals surface area contributed by atoms with Crippen molar-refractivity contribution >= 4 is 5.91 Å². The lowest BCUT2D eigenvalue weighted by Gasteiger charge is -2.13. The van der Waals surface area contributed by atoms with E-state index >= 15 is 0 Å². The van der Waals surface area contributed by atoms with Crippen molar-refractivity contribution in [2.45, 2.75) is 12.8 Å². The molecule has 0 unspecified atom stereocenters. The highest BCUT2D eigenvalue weighted by Crippen LogP contribution is 2.19. The van der Waals surface area contributed by atoms with Crippen LogP contribution in [-0.4, -0.2) is 41.6 Å². The Kier molecular flexibility index (Phi) is 5.09. The number of likely N-dealkylation sites (N-methyl/N-ethyl adjacent to an activating group) is 1. The Morgan fingerprint density at radius 1 is 1.41 bits per heavy atom. The van der Waals surface area contributed by atoms with Crippen molar-refractivity contribution in [1.29, 1.82) is 5.26 Å². The summed E-state index contributed by atoms with van der Waals surface area (Å²) in [5.74, 6) is 1.24. The molecular formula is C15H16N4O3. The number of ether oxygens (including phenoxy) is 1. The predicted octanol–water partition coefficient (Wildman–Crippen LogP) is 1.66. The van der Waals surface area contributed by atoms with Crippen LogP contribution in [0.3, 0.4) is 0 Å². The molecule has 22 heavy (non-hydrogen) atoms. The van der Waals surface area contributed by atoms with Gasteiger partial charge >= 0.3 is 0 Å². The molecule has 7 nitrogen and oxygen atoms in total. The number of carbonyl (C=O) groups excluding carboxylic acids is 1. The number of carbonyl (C=O) groups is 1. The summed E-state index contributed by atoms with van der Waals surface area (Å²) in [6.45, 7) is 0.384. The minimum atomic E-state index is -0.166. The Balaban J connectivity index is 2.01. The van der Waals surface area contributed by atoms with E-state index in [9.17, 15) is 4.79 Å². The Bertz CT molecular complexity index is 673. The molecule has 0 spiro atoms. The largest absolute Gasteiger partial charge is 0.497 e. The van der Waals surface area contributed by atoms with E-state index in [2.05, 4.69) is 10.1 Å². The number of nitriles is 1. The van der Waals surface area contributed by atoms with Gasteiger partial charge in [0.1, 0.15) is 12.2 Å². The van der Waals surface area contributed by atoms with Crippen LogP contribution in [0.25, 0.3) is 11.4 Å². The topological polar surface area (TPSA) is 92.3 Å². The van der Waals surface area contributed by atoms with Gasteiger partial charge in [-0.3, -0.25) is 4.79 Å². The van der Waals surface area contributed by atoms with Crippen LogP contribution in [0, 0.1) is 11.3 Å². The van der Waals surface area contributed by atoms with Crippen LogP contribution in [0.4, 0.5) is 0 Å². The molecule has 0 saturated carbocycles. The first-order valence-electron chi connectivity index (χ1n) is 6.72. The number of rotatable bonds is 6. The third-order valence-electron chi connectivity index (χ3n) is 3.10. The van der Waals surface area contributed by atoms with E-state index in [0.717, 1.165) is 11.3 Å². The molecular weight excluding hydrogens is 284 g/mol. The van der Waals surface area contributed by atoms with Gasteiger partial charge in [0.2, 0.25) is 17.6 Å². The Labute approximate surface area is 128 Å². The zero-order valence-corrected chi connectivity index (χ0v) is 12.4. The van der Waals surface area contributed by atoms with Crippen LogP contribution < -0.4 is 4.74 Å². The molecule has 1 heterocycles. The van der Waals surface area contributed by atoms with Crippen molar-refractivity contribution in [1.82, 2.24) is 15.0 Å². The van der Waals surface area contributed by atoms with Crippen LogP contribution in [-0.2, 0) is 11.2 Å². The quantitative estimate of drug-likeness (QED) is 0.805. The zero-order chi connectivity index (χ0) is 15.9. The minimum absolute atomic E-state index is 0.0189. The molecule has 0 bridgehead atoms. The van der Waals surface area contributed by atoms with Crippen molar-refractivity contribution in [3.05, 3.63) is 30.2 Å². The highest BCUT2D eigenvalue weighted by Gasteiger charge is 2.15. The molecule has 1 amide bonds. The van der Waals surface area contributed by atoms with Crippen molar-refractivity contribution in [2.75, 3.05) is 20.7 Å². The van der Waals surface area contributed by atoms with E-state index in [1.165, 1.54) is 4.90 Å². The molecule has 0 atom stereocenters. The van der Waals surface area contributed by atoms with E-state index < -0.39 is 0 Å². The molecule has 0 aliphatic carbocycles. The van der Waals surface area contributed by atoms with Gasteiger partial charge in [0, 0.05) is 19.2 Å². The number of nitrogens with zero attached hydrogens (tertiary/aromatic N) is 4. The van der Waals surface area contributed by atoms with E-state index in [0.29, 0.717) is 18.8 Å². The molecule has 0 radical (unpaired) electrons. The molecule has 0 N–H and O–H groups in total. The smallest absolute Gasteiger partial charge is 0.236 e. The van der Waals surface area contributed by atoms with Crippen molar-refractivity contribution < 1.29 is 14.1 Å². The number of hydrogen-bond donors (Lipinski definition) is 0. The first-order chi connectivity index (χ1) is 10.6. The molecule has 0 saturated heterocycles. The number of hydrogen-bond acceptors (Lipinski definition) is 6. The van der Waals surface area contributed by atoms with E-state index in [4.69, 9.17) is 14.5 Å². The van der Waals surface area contributed by atoms with Gasteiger partial charge in [-0.1, -0.05) is 5.16 Å². The van der Waals surface area contributed by atoms with Gasteiger partial charge in [-0.25, -0.2) is 0 Å². The lowest BCUT2D eigenvalue weighted by molar-refractivity contribution is -0.129. The molecule has 7 heteroatoms. The monoisotopic (exact) mass is 300 g/mol. The van der Waals surface area contributed by atoms with Gasteiger partial charge in [0.05, 0.1) is 19.6 Å². The lowest BCUT2D eigenvalue weighted by atomic mass is 10.2. The fraction of sp³-hybridized carbons (Fsp3) is 0.333. The Hall–Kier alpha value is -2.88. The van der Waals surface area contributed by atoms with Gasteiger partial charge in [0.25, 0.3) is 0 Å². The number of methoxy groups -OCH3 is 1. The molecule has 1 aromatic heterocycles. The summed E-state index contributed by atoms with van der Waals surface area (Å²) in [5.41, 5.74) is 0.779. The average Bonchev–Trinajstić information content (AvgIpc) is 3.01. The summed E-state index contributed by atoms with van der Waals surface area (Å²) in [4.78, 5) is 17.6. The molecule has 0 fully saturated rings. The lowest BCUT2D eigenvalue weighted by Crippen LogP contribution is -2.29. The van der Waals surface area contributed by atoms with Crippen molar-refractivity contribution in [2.24, 2.45) is 0 Å². The van der Waals surface area contributed by atoms with Gasteiger partial charge in [-0.2, -0.15) is 10.2 Å². The van der Waals surface area contributed by atoms with Crippen LogP contribution in [0.15, 0.2) is 28.8 Å². The number of amides is 1. The Morgan fingerprint density at radius 2 is 2.14 bits per heavy atom. The highest BCUT2D eigenvalue weighted by molar-refractivity contribution is 5.77. The molecule has 1 aromatic carbocycles. The van der Waals surface area contributed by atoms with Crippen LogP contribution in [0.1, 0.15) is 12.3 Å². The maximum atomic E-state index is 11.9. The van der Waals surface area contributed by atoms with Crippen LogP contribution >= 0.6 is 0 Å². The molecule has 0 aliphatic heterocycles. The maximum absolute atomic E-state index is 11.9. The second-order valence-corrected chi connectivity index (χ2v) is 4.64. The predicted molar refractivity (Wildman–Crippen MR) is 77.9 cm³/mol.